The zero-order valence-corrected chi connectivity index (χ0v) is 12.0. The van der Waals surface area contributed by atoms with E-state index >= 15 is 0 Å². The zero-order chi connectivity index (χ0) is 15.0. The Morgan fingerprint density at radius 3 is 2.67 bits per heavy atom. The van der Waals surface area contributed by atoms with Crippen molar-refractivity contribution in [1.82, 2.24) is 0 Å². The highest BCUT2D eigenvalue weighted by atomic mass is 35.5. The van der Waals surface area contributed by atoms with E-state index in [2.05, 4.69) is 6.07 Å². The van der Waals surface area contributed by atoms with Crippen LogP contribution in [0.1, 0.15) is 30.7 Å². The second-order valence-corrected chi connectivity index (χ2v) is 5.53. The molecule has 1 heterocycles. The predicted octanol–water partition coefficient (Wildman–Crippen LogP) is 3.15. The molecular formula is C16H13ClN2O2. The summed E-state index contributed by atoms with van der Waals surface area (Å²) in [6.07, 6.45) is 1.90. The van der Waals surface area contributed by atoms with E-state index in [1.54, 1.807) is 12.1 Å². The molecule has 0 radical (unpaired) electrons. The standard InChI is InChI=1S/C16H13ClN2O2/c17-10-6-4-9(5-7-10)14-11(8-18)16(19)21-13-3-1-2-12(20)15(13)14/h4-7,14H,1-3,19H2/t14-/m1/s1. The maximum absolute atomic E-state index is 12.3. The van der Waals surface area contributed by atoms with Crippen LogP contribution < -0.4 is 5.73 Å². The van der Waals surface area contributed by atoms with Gasteiger partial charge in [-0.2, -0.15) is 5.26 Å². The highest BCUT2D eigenvalue weighted by Crippen LogP contribution is 2.43. The topological polar surface area (TPSA) is 76.1 Å². The molecule has 5 heteroatoms. The molecule has 4 nitrogen and oxygen atoms in total. The van der Waals surface area contributed by atoms with Gasteiger partial charge in [0.25, 0.3) is 0 Å². The van der Waals surface area contributed by atoms with Gasteiger partial charge in [-0.3, -0.25) is 4.79 Å². The molecule has 2 aliphatic rings. The van der Waals surface area contributed by atoms with Gasteiger partial charge in [0.05, 0.1) is 5.92 Å². The lowest BCUT2D eigenvalue weighted by atomic mass is 9.78. The summed E-state index contributed by atoms with van der Waals surface area (Å²) in [4.78, 5) is 12.3. The summed E-state index contributed by atoms with van der Waals surface area (Å²) in [7, 11) is 0. The Bertz CT molecular complexity index is 711. The molecule has 3 rings (SSSR count). The van der Waals surface area contributed by atoms with Gasteiger partial charge in [-0.1, -0.05) is 23.7 Å². The van der Waals surface area contributed by atoms with Gasteiger partial charge in [0.15, 0.2) is 5.78 Å². The van der Waals surface area contributed by atoms with Crippen LogP contribution >= 0.6 is 11.6 Å². The minimum absolute atomic E-state index is 0.0245. The number of nitriles is 1. The van der Waals surface area contributed by atoms with Crippen LogP contribution in [0.5, 0.6) is 0 Å². The maximum Gasteiger partial charge on any atom is 0.205 e. The molecule has 1 atom stereocenters. The lowest BCUT2D eigenvalue weighted by molar-refractivity contribution is -0.116. The Morgan fingerprint density at radius 2 is 2.00 bits per heavy atom. The maximum atomic E-state index is 12.3. The molecule has 0 saturated heterocycles. The molecule has 21 heavy (non-hydrogen) atoms. The molecule has 1 aromatic carbocycles. The number of allylic oxidation sites excluding steroid dienone is 3. The lowest BCUT2D eigenvalue weighted by Gasteiger charge is -2.30. The van der Waals surface area contributed by atoms with Crippen molar-refractivity contribution in [3.05, 3.63) is 57.6 Å². The minimum Gasteiger partial charge on any atom is -0.444 e. The minimum atomic E-state index is -0.455. The molecule has 1 aromatic rings. The van der Waals surface area contributed by atoms with Crippen molar-refractivity contribution in [2.45, 2.75) is 25.2 Å². The Balaban J connectivity index is 2.17. The van der Waals surface area contributed by atoms with Gasteiger partial charge in [0.2, 0.25) is 5.88 Å². The number of nitrogens with zero attached hydrogens (tertiary/aromatic N) is 1. The third-order valence-corrected chi connectivity index (χ3v) is 4.06. The fourth-order valence-corrected chi connectivity index (χ4v) is 2.97. The smallest absolute Gasteiger partial charge is 0.205 e. The van der Waals surface area contributed by atoms with Crippen LogP contribution in [0.15, 0.2) is 47.1 Å². The number of Topliss-reactive ketones (excluding diaryl/α,β-unsaturated/α-hetero) is 1. The van der Waals surface area contributed by atoms with Crippen LogP contribution in [0.3, 0.4) is 0 Å². The second-order valence-electron chi connectivity index (χ2n) is 5.09. The number of hydrogen-bond acceptors (Lipinski definition) is 4. The first-order valence-electron chi connectivity index (χ1n) is 6.71. The van der Waals surface area contributed by atoms with Crippen molar-refractivity contribution in [2.24, 2.45) is 5.73 Å². The molecule has 0 fully saturated rings. The van der Waals surface area contributed by atoms with Gasteiger partial charge in [0.1, 0.15) is 17.4 Å². The average molecular weight is 301 g/mol. The van der Waals surface area contributed by atoms with Crippen molar-refractivity contribution >= 4 is 17.4 Å². The van der Waals surface area contributed by atoms with Gasteiger partial charge in [-0.15, -0.1) is 0 Å². The average Bonchev–Trinajstić information content (AvgIpc) is 2.47. The van der Waals surface area contributed by atoms with Crippen LogP contribution in [0.2, 0.25) is 5.02 Å². The number of carbonyl (C=O) groups excluding carboxylic acids is 1. The fourth-order valence-electron chi connectivity index (χ4n) is 2.84. The number of ether oxygens (including phenoxy) is 1. The largest absolute Gasteiger partial charge is 0.444 e. The van der Waals surface area contributed by atoms with Crippen molar-refractivity contribution in [2.75, 3.05) is 0 Å². The number of rotatable bonds is 1. The predicted molar refractivity (Wildman–Crippen MR) is 78.0 cm³/mol. The number of ketones is 1. The zero-order valence-electron chi connectivity index (χ0n) is 11.2. The summed E-state index contributed by atoms with van der Waals surface area (Å²) in [6.45, 7) is 0. The second kappa shape index (κ2) is 5.27. The highest BCUT2D eigenvalue weighted by Gasteiger charge is 2.37. The van der Waals surface area contributed by atoms with E-state index in [1.807, 2.05) is 12.1 Å². The first-order valence-corrected chi connectivity index (χ1v) is 7.09. The van der Waals surface area contributed by atoms with Crippen LogP contribution in [-0.2, 0) is 9.53 Å². The van der Waals surface area contributed by atoms with E-state index in [9.17, 15) is 10.1 Å². The summed E-state index contributed by atoms with van der Waals surface area (Å²) in [5.74, 6) is 0.258. The molecule has 0 unspecified atom stereocenters. The van der Waals surface area contributed by atoms with Crippen LogP contribution in [-0.4, -0.2) is 5.78 Å². The van der Waals surface area contributed by atoms with Crippen molar-refractivity contribution in [3.63, 3.8) is 0 Å². The number of hydrogen-bond donors (Lipinski definition) is 1. The number of halogens is 1. The van der Waals surface area contributed by atoms with Crippen molar-refractivity contribution in [1.29, 1.82) is 5.26 Å². The van der Waals surface area contributed by atoms with Gasteiger partial charge < -0.3 is 10.5 Å². The van der Waals surface area contributed by atoms with E-state index in [0.29, 0.717) is 29.2 Å². The summed E-state index contributed by atoms with van der Waals surface area (Å²) in [5, 5.41) is 10.00. The van der Waals surface area contributed by atoms with E-state index in [0.717, 1.165) is 12.0 Å². The quantitative estimate of drug-likeness (QED) is 0.864. The van der Waals surface area contributed by atoms with E-state index in [-0.39, 0.29) is 17.2 Å². The lowest BCUT2D eigenvalue weighted by Crippen LogP contribution is -2.27. The third-order valence-electron chi connectivity index (χ3n) is 3.81. The summed E-state index contributed by atoms with van der Waals surface area (Å²) in [6, 6.07) is 9.19. The van der Waals surface area contributed by atoms with Crippen LogP contribution in [0, 0.1) is 11.3 Å². The Labute approximate surface area is 127 Å². The first-order chi connectivity index (χ1) is 10.1. The van der Waals surface area contributed by atoms with Gasteiger partial charge >= 0.3 is 0 Å². The monoisotopic (exact) mass is 300 g/mol. The van der Waals surface area contributed by atoms with Crippen molar-refractivity contribution < 1.29 is 9.53 Å². The Kier molecular flexibility index (Phi) is 3.44. The Morgan fingerprint density at radius 1 is 1.29 bits per heavy atom. The molecule has 0 saturated carbocycles. The molecular weight excluding hydrogens is 288 g/mol. The summed E-state index contributed by atoms with van der Waals surface area (Å²) >= 11 is 5.91. The molecule has 0 amide bonds. The molecule has 0 aromatic heterocycles. The van der Waals surface area contributed by atoms with Crippen LogP contribution in [0.25, 0.3) is 0 Å². The number of nitrogens with two attached hydrogens (primary N) is 1. The van der Waals surface area contributed by atoms with E-state index < -0.39 is 5.92 Å². The molecule has 1 aliphatic heterocycles. The number of carbonyl (C=O) groups is 1. The third kappa shape index (κ3) is 2.30. The first kappa shape index (κ1) is 13.7. The fraction of sp³-hybridized carbons (Fsp3) is 0.250. The summed E-state index contributed by atoms with van der Waals surface area (Å²) in [5.41, 5.74) is 7.53. The SMILES string of the molecule is N#CC1=C(N)OC2=C(C(=O)CCC2)[C@@H]1c1ccc(Cl)cc1. The van der Waals surface area contributed by atoms with Gasteiger partial charge in [-0.05, 0) is 24.1 Å². The normalized spacial score (nSPS) is 21.7. The molecule has 106 valence electrons. The van der Waals surface area contributed by atoms with E-state index in [4.69, 9.17) is 22.1 Å². The molecule has 0 bridgehead atoms. The molecule has 1 aliphatic carbocycles. The molecule has 2 N–H and O–H groups in total. The highest BCUT2D eigenvalue weighted by molar-refractivity contribution is 6.30. The van der Waals surface area contributed by atoms with Crippen LogP contribution in [0.4, 0.5) is 0 Å². The molecule has 0 spiro atoms. The Hall–Kier alpha value is -2.25. The van der Waals surface area contributed by atoms with Gasteiger partial charge in [-0.25, -0.2) is 0 Å². The summed E-state index contributed by atoms with van der Waals surface area (Å²) < 4.78 is 5.51. The number of benzene rings is 1. The van der Waals surface area contributed by atoms with Gasteiger partial charge in [0, 0.05) is 23.4 Å². The van der Waals surface area contributed by atoms with E-state index in [1.165, 1.54) is 0 Å². The van der Waals surface area contributed by atoms with Crippen molar-refractivity contribution in [3.8, 4) is 6.07 Å².